The van der Waals surface area contributed by atoms with Gasteiger partial charge >= 0.3 is 0 Å². The van der Waals surface area contributed by atoms with Crippen molar-refractivity contribution in [2.75, 3.05) is 12.3 Å². The van der Waals surface area contributed by atoms with E-state index in [0.29, 0.717) is 11.4 Å². The summed E-state index contributed by atoms with van der Waals surface area (Å²) in [6, 6.07) is -0.0265. The third-order valence-electron chi connectivity index (χ3n) is 3.09. The molecule has 2 heterocycles. The van der Waals surface area contributed by atoms with E-state index in [-0.39, 0.29) is 23.7 Å². The van der Waals surface area contributed by atoms with Crippen LogP contribution < -0.4 is 11.1 Å². The second-order valence-corrected chi connectivity index (χ2v) is 4.42. The fourth-order valence-corrected chi connectivity index (χ4v) is 1.98. The zero-order chi connectivity index (χ0) is 12.4. The van der Waals surface area contributed by atoms with E-state index in [1.54, 1.807) is 6.92 Å². The summed E-state index contributed by atoms with van der Waals surface area (Å²) in [6.45, 7) is 4.49. The fraction of sp³-hybridized carbons (Fsp3) is 0.636. The number of nitrogens with two attached hydrogens (primary N) is 1. The number of aromatic amines is 1. The second-order valence-electron chi connectivity index (χ2n) is 4.42. The van der Waals surface area contributed by atoms with E-state index < -0.39 is 0 Å². The predicted molar refractivity (Wildman–Crippen MR) is 63.6 cm³/mol. The molecule has 6 nitrogen and oxygen atoms in total. The molecule has 1 aromatic heterocycles. The highest BCUT2D eigenvalue weighted by Crippen LogP contribution is 2.17. The van der Waals surface area contributed by atoms with Gasteiger partial charge in [-0.05, 0) is 26.7 Å². The van der Waals surface area contributed by atoms with Gasteiger partial charge in [-0.1, -0.05) is 0 Å². The van der Waals surface area contributed by atoms with Crippen LogP contribution in [0.25, 0.3) is 0 Å². The second kappa shape index (κ2) is 4.75. The normalized spacial score (nSPS) is 21.4. The largest absolute Gasteiger partial charge is 0.395 e. The van der Waals surface area contributed by atoms with Gasteiger partial charge in [-0.3, -0.25) is 9.89 Å². The fourth-order valence-electron chi connectivity index (χ4n) is 1.98. The lowest BCUT2D eigenvalue weighted by atomic mass is 10.1. The topological polar surface area (TPSA) is 93.0 Å². The van der Waals surface area contributed by atoms with Gasteiger partial charge in [0, 0.05) is 6.61 Å². The number of carbonyl (C=O) groups is 1. The summed E-state index contributed by atoms with van der Waals surface area (Å²) in [6.07, 6.45) is 2.13. The van der Waals surface area contributed by atoms with Crippen LogP contribution in [0.15, 0.2) is 0 Å². The standard InChI is InChI=1S/C11H18N4O2/c1-6(8-4-3-5-17-8)13-11(16)10-9(12)7(2)14-15-10/h6,8H,3-5,12H2,1-2H3,(H,13,16)(H,14,15). The number of nitrogens with one attached hydrogen (secondary N) is 2. The molecule has 0 aliphatic carbocycles. The van der Waals surface area contributed by atoms with E-state index in [4.69, 9.17) is 10.5 Å². The maximum atomic E-state index is 11.9. The SMILES string of the molecule is Cc1[nH]nc(C(=O)NC(C)C2CCCO2)c1N. The summed E-state index contributed by atoms with van der Waals surface area (Å²) in [5.74, 6) is -0.255. The Morgan fingerprint density at radius 1 is 1.71 bits per heavy atom. The van der Waals surface area contributed by atoms with Crippen molar-refractivity contribution in [3.63, 3.8) is 0 Å². The highest BCUT2D eigenvalue weighted by molar-refractivity contribution is 5.97. The average molecular weight is 238 g/mol. The molecule has 0 radical (unpaired) electrons. The molecule has 2 unspecified atom stereocenters. The molecule has 0 bridgehead atoms. The highest BCUT2D eigenvalue weighted by atomic mass is 16.5. The van der Waals surface area contributed by atoms with Crippen LogP contribution in [0, 0.1) is 6.92 Å². The van der Waals surface area contributed by atoms with Crippen LogP contribution in [0.4, 0.5) is 5.69 Å². The lowest BCUT2D eigenvalue weighted by Crippen LogP contribution is -2.41. The summed E-state index contributed by atoms with van der Waals surface area (Å²) in [5, 5.41) is 9.45. The Kier molecular flexibility index (Phi) is 3.33. The Labute approximate surface area is 99.9 Å². The number of nitrogens with zero attached hydrogens (tertiary/aromatic N) is 1. The van der Waals surface area contributed by atoms with E-state index in [0.717, 1.165) is 19.4 Å². The first-order valence-electron chi connectivity index (χ1n) is 5.82. The number of anilines is 1. The number of nitrogen functional groups attached to an aromatic ring is 1. The summed E-state index contributed by atoms with van der Waals surface area (Å²) in [7, 11) is 0. The van der Waals surface area contributed by atoms with E-state index in [1.165, 1.54) is 0 Å². The summed E-state index contributed by atoms with van der Waals surface area (Å²) in [5.41, 5.74) is 7.12. The molecule has 2 rings (SSSR count). The molecule has 1 aromatic rings. The number of aryl methyl sites for hydroxylation is 1. The number of rotatable bonds is 3. The van der Waals surface area contributed by atoms with E-state index in [1.807, 2.05) is 6.92 Å². The molecule has 1 fully saturated rings. The van der Waals surface area contributed by atoms with Crippen LogP contribution in [0.5, 0.6) is 0 Å². The molecule has 1 amide bonds. The number of hydrogen-bond donors (Lipinski definition) is 3. The Hall–Kier alpha value is -1.56. The zero-order valence-corrected chi connectivity index (χ0v) is 10.1. The van der Waals surface area contributed by atoms with Gasteiger partial charge in [0.1, 0.15) is 0 Å². The van der Waals surface area contributed by atoms with Crippen molar-refractivity contribution < 1.29 is 9.53 Å². The number of aromatic nitrogens is 2. The molecule has 1 aliphatic heterocycles. The van der Waals surface area contributed by atoms with E-state index in [9.17, 15) is 4.79 Å². The minimum absolute atomic E-state index is 0.0265. The van der Waals surface area contributed by atoms with Gasteiger partial charge in [-0.2, -0.15) is 5.10 Å². The highest BCUT2D eigenvalue weighted by Gasteiger charge is 2.25. The predicted octanol–water partition coefficient (Wildman–Crippen LogP) is 0.598. The Balaban J connectivity index is 1.99. The molecule has 17 heavy (non-hydrogen) atoms. The molecule has 1 aliphatic rings. The molecule has 0 spiro atoms. The van der Waals surface area contributed by atoms with Crippen molar-refractivity contribution in [3.8, 4) is 0 Å². The molecule has 0 saturated carbocycles. The van der Waals surface area contributed by atoms with Crippen molar-refractivity contribution in [1.82, 2.24) is 15.5 Å². The van der Waals surface area contributed by atoms with Crippen LogP contribution in [0.1, 0.15) is 35.9 Å². The third-order valence-corrected chi connectivity index (χ3v) is 3.09. The monoisotopic (exact) mass is 238 g/mol. The lowest BCUT2D eigenvalue weighted by molar-refractivity contribution is 0.0710. The first-order chi connectivity index (χ1) is 8.09. The molecule has 1 saturated heterocycles. The van der Waals surface area contributed by atoms with Gasteiger partial charge in [-0.25, -0.2) is 0 Å². The number of H-pyrrole nitrogens is 1. The first-order valence-corrected chi connectivity index (χ1v) is 5.82. The number of carbonyl (C=O) groups excluding carboxylic acids is 1. The van der Waals surface area contributed by atoms with Gasteiger partial charge in [0.15, 0.2) is 5.69 Å². The van der Waals surface area contributed by atoms with Crippen molar-refractivity contribution in [3.05, 3.63) is 11.4 Å². The summed E-state index contributed by atoms with van der Waals surface area (Å²) in [4.78, 5) is 11.9. The molecule has 2 atom stereocenters. The molecular formula is C11H18N4O2. The maximum absolute atomic E-state index is 11.9. The maximum Gasteiger partial charge on any atom is 0.274 e. The number of hydrogen-bond acceptors (Lipinski definition) is 4. The summed E-state index contributed by atoms with van der Waals surface area (Å²) < 4.78 is 5.51. The molecule has 6 heteroatoms. The Morgan fingerprint density at radius 3 is 3.00 bits per heavy atom. The van der Waals surface area contributed by atoms with Gasteiger partial charge in [0.2, 0.25) is 0 Å². The smallest absolute Gasteiger partial charge is 0.274 e. The molecule has 94 valence electrons. The van der Waals surface area contributed by atoms with Crippen LogP contribution in [-0.4, -0.2) is 34.9 Å². The van der Waals surface area contributed by atoms with Crippen LogP contribution in [0.2, 0.25) is 0 Å². The van der Waals surface area contributed by atoms with Crippen LogP contribution in [0.3, 0.4) is 0 Å². The van der Waals surface area contributed by atoms with E-state index >= 15 is 0 Å². The minimum atomic E-state index is -0.255. The van der Waals surface area contributed by atoms with Gasteiger partial charge in [0.05, 0.1) is 23.5 Å². The number of ether oxygens (including phenoxy) is 1. The third kappa shape index (κ3) is 2.41. The van der Waals surface area contributed by atoms with Gasteiger partial charge < -0.3 is 15.8 Å². The summed E-state index contributed by atoms with van der Waals surface area (Å²) >= 11 is 0. The quantitative estimate of drug-likeness (QED) is 0.718. The Bertz CT molecular complexity index is 410. The molecule has 0 aromatic carbocycles. The van der Waals surface area contributed by atoms with E-state index in [2.05, 4.69) is 15.5 Å². The van der Waals surface area contributed by atoms with Crippen molar-refractivity contribution in [2.45, 2.75) is 38.8 Å². The van der Waals surface area contributed by atoms with Crippen molar-refractivity contribution in [2.24, 2.45) is 0 Å². The molecular weight excluding hydrogens is 220 g/mol. The Morgan fingerprint density at radius 2 is 2.47 bits per heavy atom. The van der Waals surface area contributed by atoms with Gasteiger partial charge in [-0.15, -0.1) is 0 Å². The van der Waals surface area contributed by atoms with Crippen molar-refractivity contribution in [1.29, 1.82) is 0 Å². The minimum Gasteiger partial charge on any atom is -0.395 e. The zero-order valence-electron chi connectivity index (χ0n) is 10.1. The van der Waals surface area contributed by atoms with Crippen LogP contribution in [-0.2, 0) is 4.74 Å². The lowest BCUT2D eigenvalue weighted by Gasteiger charge is -2.19. The average Bonchev–Trinajstić information content (AvgIpc) is 2.90. The molecule has 4 N–H and O–H groups in total. The van der Waals surface area contributed by atoms with Crippen LogP contribution >= 0.6 is 0 Å². The van der Waals surface area contributed by atoms with Crippen molar-refractivity contribution >= 4 is 11.6 Å². The van der Waals surface area contributed by atoms with Gasteiger partial charge in [0.25, 0.3) is 5.91 Å². The first kappa shape index (κ1) is 11.9. The number of amides is 1.